The fraction of sp³-hybridized carbons (Fsp3) is 0. The zero-order chi connectivity index (χ0) is 21.1. The number of hydrogen-bond acceptors (Lipinski definition) is 0. The van der Waals surface area contributed by atoms with E-state index in [0.717, 1.165) is 0 Å². The van der Waals surface area contributed by atoms with Crippen LogP contribution in [0.5, 0.6) is 0 Å². The van der Waals surface area contributed by atoms with Crippen molar-refractivity contribution in [2.24, 2.45) is 0 Å². The third kappa shape index (κ3) is 2.47. The van der Waals surface area contributed by atoms with Crippen LogP contribution < -0.4 is 0 Å². The molecule has 2 heteroatoms. The summed E-state index contributed by atoms with van der Waals surface area (Å²) in [6, 6.07) is 41.4. The SMILES string of the molecule is c1ccc(-n2ccc3cc4cc5c(cc4cc32)c2ccccc2n5-c2ccccc2)cc1. The van der Waals surface area contributed by atoms with E-state index in [2.05, 4.69) is 131 Å². The number of aromatic nitrogens is 2. The molecule has 0 radical (unpaired) electrons. The molecule has 32 heavy (non-hydrogen) atoms. The number of benzene rings is 5. The van der Waals surface area contributed by atoms with E-state index >= 15 is 0 Å². The van der Waals surface area contributed by atoms with Crippen molar-refractivity contribution in [2.45, 2.75) is 0 Å². The van der Waals surface area contributed by atoms with Gasteiger partial charge < -0.3 is 9.13 Å². The number of rotatable bonds is 2. The number of fused-ring (bicyclic) bond motifs is 5. The first-order valence-electron chi connectivity index (χ1n) is 11.0. The van der Waals surface area contributed by atoms with Crippen molar-refractivity contribution in [1.82, 2.24) is 9.13 Å². The van der Waals surface area contributed by atoms with Gasteiger partial charge in [0, 0.05) is 33.7 Å². The predicted octanol–water partition coefficient (Wildman–Crippen LogP) is 7.88. The Morgan fingerprint density at radius 2 is 1.06 bits per heavy atom. The van der Waals surface area contributed by atoms with E-state index in [-0.39, 0.29) is 0 Å². The summed E-state index contributed by atoms with van der Waals surface area (Å²) in [4.78, 5) is 0. The summed E-state index contributed by atoms with van der Waals surface area (Å²) < 4.78 is 4.65. The zero-order valence-electron chi connectivity index (χ0n) is 17.4. The minimum Gasteiger partial charge on any atom is -0.317 e. The molecule has 2 aromatic heterocycles. The second-order valence-electron chi connectivity index (χ2n) is 8.34. The Morgan fingerprint density at radius 1 is 0.406 bits per heavy atom. The van der Waals surface area contributed by atoms with Gasteiger partial charge in [0.2, 0.25) is 0 Å². The van der Waals surface area contributed by atoms with Crippen molar-refractivity contribution in [3.8, 4) is 11.4 Å². The maximum Gasteiger partial charge on any atom is 0.0547 e. The van der Waals surface area contributed by atoms with Gasteiger partial charge in [0.05, 0.1) is 16.6 Å². The van der Waals surface area contributed by atoms with Gasteiger partial charge in [-0.3, -0.25) is 0 Å². The highest BCUT2D eigenvalue weighted by Crippen LogP contribution is 2.36. The molecule has 0 saturated carbocycles. The van der Waals surface area contributed by atoms with Gasteiger partial charge in [-0.1, -0.05) is 54.6 Å². The average molecular weight is 409 g/mol. The Balaban J connectivity index is 1.57. The summed E-state index contributed by atoms with van der Waals surface area (Å²) >= 11 is 0. The Kier molecular flexibility index (Phi) is 3.58. The predicted molar refractivity (Wildman–Crippen MR) is 135 cm³/mol. The van der Waals surface area contributed by atoms with Crippen LogP contribution in [0.4, 0.5) is 0 Å². The van der Waals surface area contributed by atoms with Gasteiger partial charge in [0.15, 0.2) is 0 Å². The van der Waals surface area contributed by atoms with Crippen molar-refractivity contribution >= 4 is 43.5 Å². The quantitative estimate of drug-likeness (QED) is 0.275. The monoisotopic (exact) mass is 408 g/mol. The normalized spacial score (nSPS) is 11.8. The van der Waals surface area contributed by atoms with Gasteiger partial charge in [-0.15, -0.1) is 0 Å². The van der Waals surface area contributed by atoms with Gasteiger partial charge in [-0.2, -0.15) is 0 Å². The maximum atomic E-state index is 2.38. The molecular formula is C30H20N2. The lowest BCUT2D eigenvalue weighted by molar-refractivity contribution is 1.13. The van der Waals surface area contributed by atoms with Gasteiger partial charge in [-0.05, 0) is 71.4 Å². The van der Waals surface area contributed by atoms with Gasteiger partial charge in [-0.25, -0.2) is 0 Å². The molecule has 0 aliphatic carbocycles. The molecule has 5 aromatic carbocycles. The smallest absolute Gasteiger partial charge is 0.0547 e. The molecule has 7 aromatic rings. The van der Waals surface area contributed by atoms with Crippen LogP contribution in [0.25, 0.3) is 54.9 Å². The van der Waals surface area contributed by atoms with Crippen molar-refractivity contribution < 1.29 is 0 Å². The van der Waals surface area contributed by atoms with Gasteiger partial charge >= 0.3 is 0 Å². The first kappa shape index (κ1) is 17.4. The highest BCUT2D eigenvalue weighted by molar-refractivity contribution is 6.15. The van der Waals surface area contributed by atoms with E-state index in [9.17, 15) is 0 Å². The standard InChI is InChI=1S/C30H20N2/c1-3-9-24(10-4-1)31-16-15-21-17-22-20-30-27(18-23(22)19-29(21)31)26-13-7-8-14-28(26)32(30)25-11-5-2-6-12-25/h1-20H. The zero-order valence-corrected chi connectivity index (χ0v) is 17.4. The molecular weight excluding hydrogens is 388 g/mol. The minimum absolute atomic E-state index is 1.18. The Bertz CT molecular complexity index is 1750. The molecule has 150 valence electrons. The molecule has 0 fully saturated rings. The first-order valence-corrected chi connectivity index (χ1v) is 11.0. The lowest BCUT2D eigenvalue weighted by Crippen LogP contribution is -1.93. The summed E-state index contributed by atoms with van der Waals surface area (Å²) in [5, 5.41) is 6.34. The Labute approximate surface area is 185 Å². The molecule has 0 unspecified atom stereocenters. The molecule has 0 N–H and O–H groups in total. The van der Waals surface area contributed by atoms with Crippen molar-refractivity contribution in [3.63, 3.8) is 0 Å². The lowest BCUT2D eigenvalue weighted by atomic mass is 10.0. The van der Waals surface area contributed by atoms with Crippen molar-refractivity contribution in [1.29, 1.82) is 0 Å². The van der Waals surface area contributed by atoms with Crippen molar-refractivity contribution in [3.05, 3.63) is 121 Å². The summed E-state index contributed by atoms with van der Waals surface area (Å²) in [6.45, 7) is 0. The van der Waals surface area contributed by atoms with Crippen LogP contribution in [-0.4, -0.2) is 9.13 Å². The van der Waals surface area contributed by atoms with Gasteiger partial charge in [0.1, 0.15) is 0 Å². The third-order valence-electron chi connectivity index (χ3n) is 6.49. The number of para-hydroxylation sites is 3. The molecule has 7 rings (SSSR count). The van der Waals surface area contributed by atoms with E-state index in [1.807, 2.05) is 0 Å². The van der Waals surface area contributed by atoms with E-state index < -0.39 is 0 Å². The number of nitrogens with zero attached hydrogens (tertiary/aromatic N) is 2. The molecule has 0 saturated heterocycles. The van der Waals surface area contributed by atoms with Crippen LogP contribution in [-0.2, 0) is 0 Å². The molecule has 0 amide bonds. The van der Waals surface area contributed by atoms with E-state index in [1.165, 1.54) is 54.9 Å². The van der Waals surface area contributed by atoms with E-state index in [0.29, 0.717) is 0 Å². The lowest BCUT2D eigenvalue weighted by Gasteiger charge is -2.09. The Hall–Kier alpha value is -4.30. The van der Waals surface area contributed by atoms with Crippen LogP contribution >= 0.6 is 0 Å². The topological polar surface area (TPSA) is 9.86 Å². The van der Waals surface area contributed by atoms with Crippen LogP contribution in [0.2, 0.25) is 0 Å². The molecule has 0 spiro atoms. The minimum atomic E-state index is 1.18. The maximum absolute atomic E-state index is 2.38. The van der Waals surface area contributed by atoms with E-state index in [4.69, 9.17) is 0 Å². The molecule has 0 atom stereocenters. The van der Waals surface area contributed by atoms with E-state index in [1.54, 1.807) is 0 Å². The van der Waals surface area contributed by atoms with Gasteiger partial charge in [0.25, 0.3) is 0 Å². The van der Waals surface area contributed by atoms with Crippen molar-refractivity contribution in [2.75, 3.05) is 0 Å². The van der Waals surface area contributed by atoms with Crippen LogP contribution in [0, 0.1) is 0 Å². The molecule has 2 nitrogen and oxygen atoms in total. The first-order chi connectivity index (χ1) is 15.9. The fourth-order valence-corrected chi connectivity index (χ4v) is 5.02. The Morgan fingerprint density at radius 3 is 1.88 bits per heavy atom. The summed E-state index contributed by atoms with van der Waals surface area (Å²) in [6.07, 6.45) is 2.16. The second kappa shape index (κ2) is 6.60. The largest absolute Gasteiger partial charge is 0.317 e. The molecule has 0 aliphatic rings. The second-order valence-corrected chi connectivity index (χ2v) is 8.34. The van der Waals surface area contributed by atoms with Crippen LogP contribution in [0.15, 0.2) is 121 Å². The summed E-state index contributed by atoms with van der Waals surface area (Å²) in [7, 11) is 0. The highest BCUT2D eigenvalue weighted by Gasteiger charge is 2.14. The fourth-order valence-electron chi connectivity index (χ4n) is 5.02. The summed E-state index contributed by atoms with van der Waals surface area (Å²) in [5.41, 5.74) is 6.09. The average Bonchev–Trinajstić information content (AvgIpc) is 3.40. The highest BCUT2D eigenvalue weighted by atomic mass is 15.0. The molecule has 2 heterocycles. The molecule has 0 bridgehead atoms. The number of hydrogen-bond donors (Lipinski definition) is 0. The van der Waals surface area contributed by atoms with Crippen LogP contribution in [0.1, 0.15) is 0 Å². The summed E-state index contributed by atoms with van der Waals surface area (Å²) in [5.74, 6) is 0. The van der Waals surface area contributed by atoms with Crippen LogP contribution in [0.3, 0.4) is 0 Å². The third-order valence-corrected chi connectivity index (χ3v) is 6.49. The molecule has 0 aliphatic heterocycles.